The zero-order valence-corrected chi connectivity index (χ0v) is 9.77. The van der Waals surface area contributed by atoms with Crippen LogP contribution in [0.25, 0.3) is 0 Å². The van der Waals surface area contributed by atoms with E-state index in [9.17, 15) is 0 Å². The number of allylic oxidation sites excluding steroid dienone is 3. The van der Waals surface area contributed by atoms with Crippen molar-refractivity contribution in [2.24, 2.45) is 0 Å². The highest BCUT2D eigenvalue weighted by Gasteiger charge is 2.12. The Balaban J connectivity index is 2.29. The molecule has 0 heterocycles. The van der Waals surface area contributed by atoms with E-state index >= 15 is 0 Å². The summed E-state index contributed by atoms with van der Waals surface area (Å²) < 4.78 is 5.70. The Bertz CT molecular complexity index is 427. The fraction of sp³-hybridized carbons (Fsp3) is 0.167. The van der Waals surface area contributed by atoms with E-state index < -0.39 is 0 Å². The molecule has 2 rings (SSSR count). The van der Waals surface area contributed by atoms with Crippen molar-refractivity contribution >= 4 is 23.2 Å². The van der Waals surface area contributed by atoms with Gasteiger partial charge in [-0.2, -0.15) is 0 Å². The lowest BCUT2D eigenvalue weighted by atomic mass is 10.3. The second-order valence-corrected chi connectivity index (χ2v) is 4.18. The van der Waals surface area contributed by atoms with Crippen LogP contribution in [0.15, 0.2) is 41.7 Å². The first-order chi connectivity index (χ1) is 7.18. The van der Waals surface area contributed by atoms with E-state index in [0.717, 1.165) is 17.8 Å². The van der Waals surface area contributed by atoms with Crippen LogP contribution in [-0.2, 0) is 0 Å². The molecule has 3 heteroatoms. The summed E-state index contributed by atoms with van der Waals surface area (Å²) in [6, 6.07) is 5.33. The van der Waals surface area contributed by atoms with Gasteiger partial charge in [0, 0.05) is 6.42 Å². The van der Waals surface area contributed by atoms with E-state index in [0.29, 0.717) is 15.8 Å². The van der Waals surface area contributed by atoms with Gasteiger partial charge >= 0.3 is 0 Å². The van der Waals surface area contributed by atoms with Gasteiger partial charge in [-0.15, -0.1) is 0 Å². The molecule has 0 bridgehead atoms. The largest absolute Gasteiger partial charge is 0.458 e. The Hall–Kier alpha value is -0.920. The summed E-state index contributed by atoms with van der Waals surface area (Å²) in [6.45, 7) is 2.00. The van der Waals surface area contributed by atoms with Crippen LogP contribution in [0.5, 0.6) is 5.75 Å². The van der Waals surface area contributed by atoms with Crippen LogP contribution in [0.2, 0.25) is 10.0 Å². The van der Waals surface area contributed by atoms with Gasteiger partial charge < -0.3 is 4.74 Å². The zero-order chi connectivity index (χ0) is 10.8. The first-order valence-electron chi connectivity index (χ1n) is 4.66. The van der Waals surface area contributed by atoms with Crippen molar-refractivity contribution < 1.29 is 4.74 Å². The minimum absolute atomic E-state index is 0.537. The SMILES string of the molecule is CC1=C(Oc2c(Cl)cccc2Cl)CC=C1. The fourth-order valence-corrected chi connectivity index (χ4v) is 1.90. The highest BCUT2D eigenvalue weighted by molar-refractivity contribution is 6.37. The quantitative estimate of drug-likeness (QED) is 0.734. The maximum absolute atomic E-state index is 6.00. The first-order valence-corrected chi connectivity index (χ1v) is 5.42. The molecule has 0 atom stereocenters. The highest BCUT2D eigenvalue weighted by atomic mass is 35.5. The summed E-state index contributed by atoms with van der Waals surface area (Å²) in [5, 5.41) is 1.07. The van der Waals surface area contributed by atoms with Gasteiger partial charge in [0.05, 0.1) is 10.0 Å². The minimum atomic E-state index is 0.537. The molecule has 1 aliphatic carbocycles. The van der Waals surface area contributed by atoms with Crippen molar-refractivity contribution in [3.63, 3.8) is 0 Å². The van der Waals surface area contributed by atoms with Crippen LogP contribution in [-0.4, -0.2) is 0 Å². The topological polar surface area (TPSA) is 9.23 Å². The fourth-order valence-electron chi connectivity index (χ4n) is 1.42. The molecule has 0 aliphatic heterocycles. The van der Waals surface area contributed by atoms with Gasteiger partial charge in [-0.25, -0.2) is 0 Å². The molecular weight excluding hydrogens is 231 g/mol. The Labute approximate surface area is 99.0 Å². The van der Waals surface area contributed by atoms with Crippen LogP contribution in [0.4, 0.5) is 0 Å². The Morgan fingerprint density at radius 1 is 1.20 bits per heavy atom. The molecule has 0 saturated heterocycles. The average molecular weight is 241 g/mol. The molecule has 78 valence electrons. The third-order valence-corrected chi connectivity index (χ3v) is 2.85. The molecule has 0 saturated carbocycles. The summed E-state index contributed by atoms with van der Waals surface area (Å²) >= 11 is 12.0. The van der Waals surface area contributed by atoms with E-state index in [2.05, 4.69) is 6.08 Å². The van der Waals surface area contributed by atoms with Gasteiger partial charge in [-0.3, -0.25) is 0 Å². The Morgan fingerprint density at radius 2 is 1.87 bits per heavy atom. The average Bonchev–Trinajstić information content (AvgIpc) is 2.58. The standard InChI is InChI=1S/C12H10Cl2O/c1-8-4-2-7-11(8)15-12-9(13)5-3-6-10(12)14/h2-6H,7H2,1H3. The Morgan fingerprint density at radius 3 is 2.40 bits per heavy atom. The maximum atomic E-state index is 6.00. The lowest BCUT2D eigenvalue weighted by molar-refractivity contribution is 0.415. The molecule has 0 N–H and O–H groups in total. The molecule has 1 aromatic rings. The van der Waals surface area contributed by atoms with E-state index in [4.69, 9.17) is 27.9 Å². The lowest BCUT2D eigenvalue weighted by Gasteiger charge is -2.10. The molecule has 1 aliphatic rings. The highest BCUT2D eigenvalue weighted by Crippen LogP contribution is 2.35. The summed E-state index contributed by atoms with van der Waals surface area (Å²) in [7, 11) is 0. The molecule has 0 aromatic heterocycles. The second kappa shape index (κ2) is 4.30. The van der Waals surface area contributed by atoms with Crippen molar-refractivity contribution in [3.05, 3.63) is 51.7 Å². The van der Waals surface area contributed by atoms with Crippen molar-refractivity contribution in [3.8, 4) is 5.75 Å². The molecule has 0 amide bonds. The van der Waals surface area contributed by atoms with Crippen LogP contribution in [0, 0.1) is 0 Å². The summed E-state index contributed by atoms with van der Waals surface area (Å²) in [5.41, 5.74) is 1.12. The third-order valence-electron chi connectivity index (χ3n) is 2.26. The van der Waals surface area contributed by atoms with E-state index in [1.165, 1.54) is 0 Å². The normalized spacial score (nSPS) is 14.9. The number of hydrogen-bond acceptors (Lipinski definition) is 1. The number of hydrogen-bond donors (Lipinski definition) is 0. The number of halogens is 2. The predicted octanol–water partition coefficient (Wildman–Crippen LogP) is 4.61. The third kappa shape index (κ3) is 2.19. The Kier molecular flexibility index (Phi) is 3.03. The molecule has 1 aromatic carbocycles. The summed E-state index contributed by atoms with van der Waals surface area (Å²) in [5.74, 6) is 1.45. The van der Waals surface area contributed by atoms with Gasteiger partial charge in [0.1, 0.15) is 5.76 Å². The van der Waals surface area contributed by atoms with Crippen molar-refractivity contribution in [1.29, 1.82) is 0 Å². The van der Waals surface area contributed by atoms with Gasteiger partial charge in [0.25, 0.3) is 0 Å². The molecule has 0 spiro atoms. The molecule has 0 fully saturated rings. The second-order valence-electron chi connectivity index (χ2n) is 3.37. The minimum Gasteiger partial charge on any atom is -0.458 e. The molecule has 15 heavy (non-hydrogen) atoms. The van der Waals surface area contributed by atoms with Gasteiger partial charge in [-0.05, 0) is 24.6 Å². The van der Waals surface area contributed by atoms with Crippen LogP contribution in [0.3, 0.4) is 0 Å². The van der Waals surface area contributed by atoms with Crippen molar-refractivity contribution in [2.75, 3.05) is 0 Å². The maximum Gasteiger partial charge on any atom is 0.164 e. The van der Waals surface area contributed by atoms with Crippen molar-refractivity contribution in [2.45, 2.75) is 13.3 Å². The monoisotopic (exact) mass is 240 g/mol. The lowest BCUT2D eigenvalue weighted by Crippen LogP contribution is -1.95. The zero-order valence-electron chi connectivity index (χ0n) is 8.26. The molecule has 0 radical (unpaired) electrons. The molecule has 0 unspecified atom stereocenters. The van der Waals surface area contributed by atoms with E-state index in [-0.39, 0.29) is 0 Å². The number of rotatable bonds is 2. The predicted molar refractivity (Wildman–Crippen MR) is 63.5 cm³/mol. The number of ether oxygens (including phenoxy) is 1. The van der Waals surface area contributed by atoms with Crippen LogP contribution >= 0.6 is 23.2 Å². The van der Waals surface area contributed by atoms with Crippen LogP contribution in [0.1, 0.15) is 13.3 Å². The van der Waals surface area contributed by atoms with E-state index in [1.807, 2.05) is 13.0 Å². The van der Waals surface area contributed by atoms with Crippen molar-refractivity contribution in [1.82, 2.24) is 0 Å². The number of para-hydroxylation sites is 1. The first kappa shape index (κ1) is 10.6. The van der Waals surface area contributed by atoms with Gasteiger partial charge in [0.2, 0.25) is 0 Å². The smallest absolute Gasteiger partial charge is 0.164 e. The van der Waals surface area contributed by atoms with Gasteiger partial charge in [0.15, 0.2) is 5.75 Å². The molecule has 1 nitrogen and oxygen atoms in total. The summed E-state index contributed by atoms with van der Waals surface area (Å²) in [4.78, 5) is 0. The summed E-state index contributed by atoms with van der Waals surface area (Å²) in [6.07, 6.45) is 4.88. The van der Waals surface area contributed by atoms with Gasteiger partial charge in [-0.1, -0.05) is 41.4 Å². The molecular formula is C12H10Cl2O. The van der Waals surface area contributed by atoms with Crippen LogP contribution < -0.4 is 4.74 Å². The number of benzene rings is 1. The van der Waals surface area contributed by atoms with E-state index in [1.54, 1.807) is 18.2 Å².